The number of carbonyl (C=O) groups excluding carboxylic acids is 1. The quantitative estimate of drug-likeness (QED) is 0.728. The Morgan fingerprint density at radius 3 is 2.64 bits per heavy atom. The van der Waals surface area contributed by atoms with E-state index in [0.29, 0.717) is 24.4 Å². The Morgan fingerprint density at radius 1 is 1.04 bits per heavy atom. The van der Waals surface area contributed by atoms with Crippen LogP contribution in [0.1, 0.15) is 10.5 Å². The van der Waals surface area contributed by atoms with Crippen LogP contribution < -0.4 is 9.64 Å². The van der Waals surface area contributed by atoms with Crippen molar-refractivity contribution in [3.63, 3.8) is 0 Å². The zero-order valence-electron chi connectivity index (χ0n) is 14.0. The third kappa shape index (κ3) is 2.77. The molecule has 0 atom stereocenters. The van der Waals surface area contributed by atoms with Gasteiger partial charge in [-0.05, 0) is 18.2 Å². The first-order valence-electron chi connectivity index (χ1n) is 8.24. The molecule has 3 aromatic rings. The van der Waals surface area contributed by atoms with Crippen molar-refractivity contribution >= 4 is 17.2 Å². The van der Waals surface area contributed by atoms with Gasteiger partial charge in [-0.25, -0.2) is 9.50 Å². The van der Waals surface area contributed by atoms with Crippen LogP contribution >= 0.6 is 0 Å². The largest absolute Gasteiger partial charge is 0.495 e. The summed E-state index contributed by atoms with van der Waals surface area (Å²) >= 11 is 0. The van der Waals surface area contributed by atoms with Crippen LogP contribution in [0.5, 0.6) is 5.75 Å². The summed E-state index contributed by atoms with van der Waals surface area (Å²) in [7, 11) is 1.68. The van der Waals surface area contributed by atoms with Crippen molar-refractivity contribution in [2.45, 2.75) is 0 Å². The molecule has 1 aromatic carbocycles. The minimum atomic E-state index is -0.0178. The average molecular weight is 337 g/mol. The van der Waals surface area contributed by atoms with Gasteiger partial charge in [0.25, 0.3) is 5.91 Å². The molecule has 0 unspecified atom stereocenters. The van der Waals surface area contributed by atoms with E-state index in [4.69, 9.17) is 4.74 Å². The molecule has 3 heterocycles. The van der Waals surface area contributed by atoms with Gasteiger partial charge in [-0.3, -0.25) is 4.79 Å². The van der Waals surface area contributed by atoms with Crippen LogP contribution in [0.15, 0.2) is 48.8 Å². The molecule has 4 rings (SSSR count). The first kappa shape index (κ1) is 15.4. The number of hydrogen-bond donors (Lipinski definition) is 0. The summed E-state index contributed by atoms with van der Waals surface area (Å²) in [6.07, 6.45) is 3.30. The van der Waals surface area contributed by atoms with E-state index in [1.54, 1.807) is 36.2 Å². The van der Waals surface area contributed by atoms with Crippen LogP contribution in [0.4, 0.5) is 5.69 Å². The number of benzene rings is 1. The van der Waals surface area contributed by atoms with Gasteiger partial charge in [0.05, 0.1) is 19.0 Å². The molecule has 7 heteroatoms. The number of para-hydroxylation sites is 2. The van der Waals surface area contributed by atoms with Crippen LogP contribution in [-0.4, -0.2) is 58.7 Å². The number of nitrogens with zero attached hydrogens (tertiary/aromatic N) is 5. The molecule has 0 aliphatic carbocycles. The van der Waals surface area contributed by atoms with Gasteiger partial charge in [0, 0.05) is 38.4 Å². The van der Waals surface area contributed by atoms with Gasteiger partial charge < -0.3 is 14.5 Å². The number of rotatable bonds is 3. The highest BCUT2D eigenvalue weighted by Crippen LogP contribution is 2.28. The number of carbonyl (C=O) groups is 1. The second-order valence-corrected chi connectivity index (χ2v) is 5.88. The highest BCUT2D eigenvalue weighted by molar-refractivity contribution is 5.93. The van der Waals surface area contributed by atoms with Crippen molar-refractivity contribution in [3.05, 3.63) is 54.5 Å². The molecular weight excluding hydrogens is 318 g/mol. The van der Waals surface area contributed by atoms with Gasteiger partial charge in [-0.15, -0.1) is 0 Å². The molecule has 1 aliphatic rings. The summed E-state index contributed by atoms with van der Waals surface area (Å²) in [6.45, 7) is 2.84. The van der Waals surface area contributed by atoms with Crippen molar-refractivity contribution in [3.8, 4) is 5.75 Å². The molecule has 0 radical (unpaired) electrons. The second-order valence-electron chi connectivity index (χ2n) is 5.88. The fourth-order valence-corrected chi connectivity index (χ4v) is 3.20. The van der Waals surface area contributed by atoms with Crippen LogP contribution in [-0.2, 0) is 0 Å². The van der Waals surface area contributed by atoms with Gasteiger partial charge in [0.2, 0.25) is 0 Å². The lowest BCUT2D eigenvalue weighted by molar-refractivity contribution is 0.0737. The standard InChI is InChI=1S/C18H19N5O2/c1-25-16-5-3-2-4-14(16)21-10-12-22(13-11-21)18(24)15-6-8-19-17-7-9-20-23(15)17/h2-9H,10-13H2,1H3. The van der Waals surface area contributed by atoms with Crippen molar-refractivity contribution in [1.29, 1.82) is 0 Å². The third-order valence-electron chi connectivity index (χ3n) is 4.50. The van der Waals surface area contributed by atoms with E-state index in [-0.39, 0.29) is 5.91 Å². The van der Waals surface area contributed by atoms with Crippen LogP contribution in [0.3, 0.4) is 0 Å². The Bertz CT molecular complexity index is 899. The van der Waals surface area contributed by atoms with Crippen molar-refractivity contribution < 1.29 is 9.53 Å². The fourth-order valence-electron chi connectivity index (χ4n) is 3.20. The van der Waals surface area contributed by atoms with E-state index in [2.05, 4.69) is 15.0 Å². The minimum Gasteiger partial charge on any atom is -0.495 e. The Balaban J connectivity index is 1.50. The maximum absolute atomic E-state index is 12.9. The highest BCUT2D eigenvalue weighted by atomic mass is 16.5. The maximum atomic E-state index is 12.9. The number of anilines is 1. The van der Waals surface area contributed by atoms with Crippen molar-refractivity contribution in [2.24, 2.45) is 0 Å². The number of ether oxygens (including phenoxy) is 1. The van der Waals surface area contributed by atoms with E-state index in [1.807, 2.05) is 29.2 Å². The number of piperazine rings is 1. The molecule has 1 saturated heterocycles. The molecule has 1 fully saturated rings. The normalized spacial score (nSPS) is 14.8. The van der Waals surface area contributed by atoms with Gasteiger partial charge in [-0.1, -0.05) is 12.1 Å². The number of amides is 1. The van der Waals surface area contributed by atoms with E-state index in [0.717, 1.165) is 24.5 Å². The van der Waals surface area contributed by atoms with Gasteiger partial charge in [-0.2, -0.15) is 5.10 Å². The summed E-state index contributed by atoms with van der Waals surface area (Å²) in [5, 5.41) is 4.20. The van der Waals surface area contributed by atoms with Gasteiger partial charge >= 0.3 is 0 Å². The summed E-state index contributed by atoms with van der Waals surface area (Å²) in [6, 6.07) is 11.5. The lowest BCUT2D eigenvalue weighted by Gasteiger charge is -2.36. The zero-order valence-corrected chi connectivity index (χ0v) is 14.0. The van der Waals surface area contributed by atoms with E-state index in [9.17, 15) is 4.79 Å². The van der Waals surface area contributed by atoms with Crippen LogP contribution in [0, 0.1) is 0 Å². The number of aromatic nitrogens is 3. The second kappa shape index (κ2) is 6.43. The topological polar surface area (TPSA) is 63.0 Å². The molecule has 0 saturated carbocycles. The van der Waals surface area contributed by atoms with E-state index in [1.165, 1.54) is 0 Å². The lowest BCUT2D eigenvalue weighted by atomic mass is 10.2. The lowest BCUT2D eigenvalue weighted by Crippen LogP contribution is -2.49. The first-order chi connectivity index (χ1) is 12.3. The average Bonchev–Trinajstić information content (AvgIpc) is 3.16. The van der Waals surface area contributed by atoms with Crippen LogP contribution in [0.2, 0.25) is 0 Å². The summed E-state index contributed by atoms with van der Waals surface area (Å²) in [4.78, 5) is 21.2. The van der Waals surface area contributed by atoms with Gasteiger partial charge in [0.1, 0.15) is 11.4 Å². The molecule has 7 nitrogen and oxygen atoms in total. The summed E-state index contributed by atoms with van der Waals surface area (Å²) in [5.74, 6) is 0.838. The maximum Gasteiger partial charge on any atom is 0.272 e. The van der Waals surface area contributed by atoms with E-state index >= 15 is 0 Å². The number of hydrogen-bond acceptors (Lipinski definition) is 5. The smallest absolute Gasteiger partial charge is 0.272 e. The summed E-state index contributed by atoms with van der Waals surface area (Å²) < 4.78 is 7.03. The zero-order chi connectivity index (χ0) is 17.2. The first-order valence-corrected chi connectivity index (χ1v) is 8.24. The minimum absolute atomic E-state index is 0.0178. The van der Waals surface area contributed by atoms with Crippen LogP contribution in [0.25, 0.3) is 5.65 Å². The predicted octanol–water partition coefficient (Wildman–Crippen LogP) is 1.70. The molecule has 0 spiro atoms. The Labute approximate surface area is 145 Å². The molecular formula is C18H19N5O2. The fraction of sp³-hybridized carbons (Fsp3) is 0.278. The molecule has 0 bridgehead atoms. The molecule has 2 aromatic heterocycles. The third-order valence-corrected chi connectivity index (χ3v) is 4.50. The number of methoxy groups -OCH3 is 1. The van der Waals surface area contributed by atoms with Crippen molar-refractivity contribution in [1.82, 2.24) is 19.5 Å². The molecule has 0 N–H and O–H groups in total. The molecule has 128 valence electrons. The molecule has 1 amide bonds. The Morgan fingerprint density at radius 2 is 1.84 bits per heavy atom. The SMILES string of the molecule is COc1ccccc1N1CCN(C(=O)c2ccnc3ccnn23)CC1. The highest BCUT2D eigenvalue weighted by Gasteiger charge is 2.25. The monoisotopic (exact) mass is 337 g/mol. The molecule has 1 aliphatic heterocycles. The predicted molar refractivity (Wildman–Crippen MR) is 94.1 cm³/mol. The Hall–Kier alpha value is -3.09. The Kier molecular flexibility index (Phi) is 3.97. The van der Waals surface area contributed by atoms with Crippen molar-refractivity contribution in [2.75, 3.05) is 38.2 Å². The molecule has 25 heavy (non-hydrogen) atoms. The summed E-state index contributed by atoms with van der Waals surface area (Å²) in [5.41, 5.74) is 2.29. The van der Waals surface area contributed by atoms with E-state index < -0.39 is 0 Å². The van der Waals surface area contributed by atoms with Gasteiger partial charge in [0.15, 0.2) is 5.65 Å². The number of fused-ring (bicyclic) bond motifs is 1.